The van der Waals surface area contributed by atoms with Gasteiger partial charge >= 0.3 is 198 Å². The van der Waals surface area contributed by atoms with E-state index < -0.39 is 0 Å². The van der Waals surface area contributed by atoms with Gasteiger partial charge in [0.1, 0.15) is 0 Å². The van der Waals surface area contributed by atoms with Gasteiger partial charge in [0.15, 0.2) is 0 Å². The topological polar surface area (TPSA) is 0 Å². The molecule has 66 heavy (non-hydrogen) atoms. The first-order chi connectivity index (χ1) is 31.5. The summed E-state index contributed by atoms with van der Waals surface area (Å²) in [7, 11) is 0. The molecule has 4 aliphatic carbocycles. The molecule has 0 nitrogen and oxygen atoms in total. The van der Waals surface area contributed by atoms with E-state index in [0.29, 0.717) is 0 Å². The number of hydrogen-bond donors (Lipinski definition) is 0. The number of halogens is 2. The minimum atomic E-state index is 0. The second-order valence-corrected chi connectivity index (χ2v) is 19.5. The van der Waals surface area contributed by atoms with Gasteiger partial charge in [0.2, 0.25) is 0 Å². The normalized spacial score (nSPS) is 13.1. The summed E-state index contributed by atoms with van der Waals surface area (Å²) < 4.78 is 2.93. The van der Waals surface area contributed by atoms with Gasteiger partial charge in [-0.3, -0.25) is 24.3 Å². The Balaban J connectivity index is 0.000000399. The Bertz CT molecular complexity index is 1810. The number of allylic oxidation sites excluding steroid dienone is 16. The zero-order valence-electron chi connectivity index (χ0n) is 40.3. The summed E-state index contributed by atoms with van der Waals surface area (Å²) in [6, 6.07) is 42.4. The van der Waals surface area contributed by atoms with Crippen molar-refractivity contribution < 1.29 is 47.8 Å². The van der Waals surface area contributed by atoms with Gasteiger partial charge in [0, 0.05) is 0 Å². The fourth-order valence-electron chi connectivity index (χ4n) is 6.71. The van der Waals surface area contributed by atoms with E-state index in [1.807, 2.05) is 0 Å². The molecule has 0 amide bonds. The third kappa shape index (κ3) is 27.6. The zero-order valence-corrected chi connectivity index (χ0v) is 49.1. The summed E-state index contributed by atoms with van der Waals surface area (Å²) in [5.41, 5.74) is 11.1. The van der Waals surface area contributed by atoms with Crippen molar-refractivity contribution in [2.45, 2.75) is 130 Å². The van der Waals surface area contributed by atoms with Crippen LogP contribution in [0.3, 0.4) is 0 Å². The molecule has 0 unspecified atom stereocenters. The minimum absolute atomic E-state index is 0. The number of benzene rings is 4. The summed E-state index contributed by atoms with van der Waals surface area (Å²) >= 11 is 2.16. The van der Waals surface area contributed by atoms with Crippen molar-refractivity contribution in [2.24, 2.45) is 0 Å². The van der Waals surface area contributed by atoms with Crippen molar-refractivity contribution >= 4 is 31.3 Å². The third-order valence-electron chi connectivity index (χ3n) is 10.5. The average Bonchev–Trinajstić information content (AvgIpc) is 4.24. The van der Waals surface area contributed by atoms with Gasteiger partial charge in [-0.1, -0.05) is 105 Å². The van der Waals surface area contributed by atoms with E-state index in [4.69, 9.17) is 0 Å². The van der Waals surface area contributed by atoms with Gasteiger partial charge in [-0.25, -0.2) is 46.6 Å². The Labute approximate surface area is 444 Å². The monoisotopic (exact) mass is 1250 g/mol. The predicted molar refractivity (Wildman–Crippen MR) is 287 cm³/mol. The van der Waals surface area contributed by atoms with Crippen LogP contribution in [0.25, 0.3) is 0 Å². The molecular formula is C62H74Cl2Hf2. The van der Waals surface area contributed by atoms with E-state index in [0.717, 1.165) is 73.5 Å². The molecule has 0 aromatic heterocycles. The standard InChI is InChI=1S/2C13H10.4C9H13.2ClH.2Hf/c2*1-3-7-12(8-4-1)11-13-9-5-2-6-10-13;4*1-2-3-6-9-7-4-5-8-9;;;;/h2*1-10H;4*4,7H,2-3,5-6H2,1H3;2*1H;;/q;;4*-1;;;2*+2. The van der Waals surface area contributed by atoms with Crippen molar-refractivity contribution in [2.75, 3.05) is 0 Å². The van der Waals surface area contributed by atoms with E-state index in [9.17, 15) is 0 Å². The molecule has 0 N–H and O–H groups in total. The fourth-order valence-corrected chi connectivity index (χ4v) is 9.10. The SMILES string of the molecule is CCCCC1=[C-]CC=C1.CCCCC1=[C-]CC=C1.CCCCC1=[C-]CC=C1.CCCCC1=[C-]CC=C1.Cl.Cl.[Hf+2]=[C](c1ccccc1)c1ccccc1.[Hf+2]=[C](c1ccccc1)c1ccccc1. The summed E-state index contributed by atoms with van der Waals surface area (Å²) in [6.45, 7) is 8.89. The van der Waals surface area contributed by atoms with E-state index >= 15 is 0 Å². The molecule has 0 bridgehead atoms. The Morgan fingerprint density at radius 3 is 0.697 bits per heavy atom. The Kier molecular flexibility index (Phi) is 37.7. The van der Waals surface area contributed by atoms with Crippen LogP contribution in [0.4, 0.5) is 0 Å². The molecule has 0 heterocycles. The Morgan fingerprint density at radius 1 is 0.348 bits per heavy atom. The molecule has 0 fully saturated rings. The second-order valence-electron chi connectivity index (χ2n) is 15.9. The molecule has 4 heteroatoms. The van der Waals surface area contributed by atoms with Crippen LogP contribution in [-0.4, -0.2) is 6.51 Å². The molecule has 0 spiro atoms. The molecule has 4 aromatic rings. The first-order valence-electron chi connectivity index (χ1n) is 23.9. The van der Waals surface area contributed by atoms with Gasteiger partial charge in [-0.05, 0) is 0 Å². The molecule has 0 saturated heterocycles. The van der Waals surface area contributed by atoms with Crippen LogP contribution in [0.15, 0.2) is 192 Å². The van der Waals surface area contributed by atoms with Crippen LogP contribution >= 0.6 is 24.8 Å². The van der Waals surface area contributed by atoms with Crippen LogP contribution in [-0.2, 0) is 47.8 Å². The van der Waals surface area contributed by atoms with E-state index in [1.165, 1.54) is 128 Å². The van der Waals surface area contributed by atoms with Crippen LogP contribution < -0.4 is 0 Å². The maximum atomic E-state index is 3.30. The van der Waals surface area contributed by atoms with Gasteiger partial charge in [0.25, 0.3) is 0 Å². The molecule has 8 rings (SSSR count). The van der Waals surface area contributed by atoms with E-state index in [2.05, 4.69) is 222 Å². The quantitative estimate of drug-likeness (QED) is 0.0775. The molecule has 0 radical (unpaired) electrons. The number of unbranched alkanes of at least 4 members (excludes halogenated alkanes) is 4. The molecule has 0 aliphatic heterocycles. The zero-order chi connectivity index (χ0) is 45.7. The first kappa shape index (κ1) is 60.9. The predicted octanol–water partition coefficient (Wildman–Crippen LogP) is 17.9. The summed E-state index contributed by atoms with van der Waals surface area (Å²) in [5.74, 6) is 0. The molecule has 344 valence electrons. The van der Waals surface area contributed by atoms with Gasteiger partial charge in [0.05, 0.1) is 0 Å². The molecule has 0 atom stereocenters. The first-order valence-corrected chi connectivity index (χ1v) is 27.5. The number of rotatable bonds is 16. The van der Waals surface area contributed by atoms with Crippen molar-refractivity contribution in [3.8, 4) is 0 Å². The molecular weight excluding hydrogens is 1170 g/mol. The average molecular weight is 1250 g/mol. The van der Waals surface area contributed by atoms with Crippen LogP contribution in [0, 0.1) is 24.3 Å². The third-order valence-corrected chi connectivity index (χ3v) is 14.7. The summed E-state index contributed by atoms with van der Waals surface area (Å²) in [5, 5.41) is 0. The van der Waals surface area contributed by atoms with Gasteiger partial charge < -0.3 is 0 Å². The van der Waals surface area contributed by atoms with Gasteiger partial charge in [-0.15, -0.1) is 50.5 Å². The van der Waals surface area contributed by atoms with Gasteiger partial charge in [-0.2, -0.15) is 24.3 Å². The van der Waals surface area contributed by atoms with Crippen LogP contribution in [0.2, 0.25) is 0 Å². The molecule has 4 aliphatic rings. The summed E-state index contributed by atoms with van der Waals surface area (Å²) in [4.78, 5) is 0. The second kappa shape index (κ2) is 40.9. The van der Waals surface area contributed by atoms with Crippen molar-refractivity contribution in [3.63, 3.8) is 0 Å². The van der Waals surface area contributed by atoms with Crippen molar-refractivity contribution in [1.29, 1.82) is 0 Å². The molecule has 0 saturated carbocycles. The fraction of sp³-hybridized carbons (Fsp3) is 0.323. The Morgan fingerprint density at radius 2 is 0.545 bits per heavy atom. The van der Waals surface area contributed by atoms with Crippen LogP contribution in [0.1, 0.15) is 153 Å². The van der Waals surface area contributed by atoms with E-state index in [-0.39, 0.29) is 24.8 Å². The molecule has 4 aromatic carbocycles. The summed E-state index contributed by atoms with van der Waals surface area (Å²) in [6.07, 6.45) is 50.1. The maximum absolute atomic E-state index is 3.30. The van der Waals surface area contributed by atoms with E-state index in [1.54, 1.807) is 0 Å². The number of hydrogen-bond acceptors (Lipinski definition) is 0. The van der Waals surface area contributed by atoms with Crippen molar-refractivity contribution in [3.05, 3.63) is 239 Å². The Hall–Kier alpha value is -3.14. The van der Waals surface area contributed by atoms with Crippen molar-refractivity contribution in [1.82, 2.24) is 0 Å². The van der Waals surface area contributed by atoms with Crippen LogP contribution in [0.5, 0.6) is 0 Å².